The summed E-state index contributed by atoms with van der Waals surface area (Å²) in [7, 11) is 0. The summed E-state index contributed by atoms with van der Waals surface area (Å²) in [6.45, 7) is 0.324. The van der Waals surface area contributed by atoms with Crippen molar-refractivity contribution in [3.05, 3.63) is 30.1 Å². The molecule has 1 aliphatic heterocycles. The van der Waals surface area contributed by atoms with Gasteiger partial charge in [0.05, 0.1) is 5.41 Å². The highest BCUT2D eigenvalue weighted by Crippen LogP contribution is 2.50. The van der Waals surface area contributed by atoms with Crippen LogP contribution >= 0.6 is 0 Å². The van der Waals surface area contributed by atoms with Gasteiger partial charge in [-0.15, -0.1) is 0 Å². The zero-order valence-electron chi connectivity index (χ0n) is 11.5. The lowest BCUT2D eigenvalue weighted by molar-refractivity contribution is -0.139. The smallest absolute Gasteiger partial charge is 0.250 e. The van der Waals surface area contributed by atoms with E-state index in [2.05, 4.69) is 0 Å². The van der Waals surface area contributed by atoms with E-state index in [9.17, 15) is 18.0 Å². The van der Waals surface area contributed by atoms with Gasteiger partial charge >= 0.3 is 0 Å². The monoisotopic (exact) mass is 298 g/mol. The van der Waals surface area contributed by atoms with Crippen molar-refractivity contribution in [2.24, 2.45) is 11.1 Å². The minimum Gasteiger partial charge on any atom is -0.327 e. The Morgan fingerprint density at radius 1 is 1.29 bits per heavy atom. The van der Waals surface area contributed by atoms with Gasteiger partial charge in [0, 0.05) is 31.1 Å². The molecule has 2 aliphatic rings. The fraction of sp³-hybridized carbons (Fsp3) is 0.533. The van der Waals surface area contributed by atoms with Crippen molar-refractivity contribution in [3.8, 4) is 0 Å². The van der Waals surface area contributed by atoms with Crippen molar-refractivity contribution < 1.29 is 18.0 Å². The van der Waals surface area contributed by atoms with Crippen LogP contribution in [-0.2, 0) is 4.79 Å². The number of nitrogens with zero attached hydrogens (tertiary/aromatic N) is 1. The Hall–Kier alpha value is -1.56. The quantitative estimate of drug-likeness (QED) is 0.866. The van der Waals surface area contributed by atoms with Crippen LogP contribution in [-0.4, -0.2) is 24.4 Å². The maximum absolute atomic E-state index is 13.8. The average molecular weight is 298 g/mol. The maximum Gasteiger partial charge on any atom is 0.250 e. The SMILES string of the molecule is NC1CC(F)(F)CC2(CCN(c3cccc(F)c3)C2=O)C1. The van der Waals surface area contributed by atoms with E-state index in [1.54, 1.807) is 6.07 Å². The predicted octanol–water partition coefficient (Wildman–Crippen LogP) is 2.70. The fourth-order valence-electron chi connectivity index (χ4n) is 3.66. The molecule has 1 saturated carbocycles. The number of rotatable bonds is 1. The molecule has 114 valence electrons. The highest BCUT2D eigenvalue weighted by Gasteiger charge is 2.56. The number of carbonyl (C=O) groups is 1. The van der Waals surface area contributed by atoms with Crippen molar-refractivity contribution in [2.45, 2.75) is 37.6 Å². The third-order valence-corrected chi connectivity index (χ3v) is 4.44. The Bertz CT molecular complexity index is 578. The highest BCUT2D eigenvalue weighted by atomic mass is 19.3. The third-order valence-electron chi connectivity index (χ3n) is 4.44. The molecule has 0 aromatic heterocycles. The van der Waals surface area contributed by atoms with Crippen LogP contribution < -0.4 is 10.6 Å². The zero-order valence-corrected chi connectivity index (χ0v) is 11.5. The molecule has 2 N–H and O–H groups in total. The second-order valence-electron chi connectivity index (χ2n) is 6.17. The molecule has 3 nitrogen and oxygen atoms in total. The first-order valence-corrected chi connectivity index (χ1v) is 7.02. The molecule has 1 aromatic carbocycles. The largest absolute Gasteiger partial charge is 0.327 e. The van der Waals surface area contributed by atoms with Crippen molar-refractivity contribution in [2.75, 3.05) is 11.4 Å². The van der Waals surface area contributed by atoms with Gasteiger partial charge in [-0.3, -0.25) is 4.79 Å². The third kappa shape index (κ3) is 2.52. The minimum atomic E-state index is -2.91. The highest BCUT2D eigenvalue weighted by molar-refractivity contribution is 6.00. The average Bonchev–Trinajstić information content (AvgIpc) is 2.64. The Kier molecular flexibility index (Phi) is 3.24. The Balaban J connectivity index is 1.89. The van der Waals surface area contributed by atoms with Gasteiger partial charge in [0.2, 0.25) is 5.91 Å². The first-order valence-electron chi connectivity index (χ1n) is 7.02. The van der Waals surface area contributed by atoms with Gasteiger partial charge < -0.3 is 10.6 Å². The van der Waals surface area contributed by atoms with Crippen LogP contribution in [0.1, 0.15) is 25.7 Å². The van der Waals surface area contributed by atoms with Gasteiger partial charge in [-0.1, -0.05) is 6.07 Å². The summed E-state index contributed by atoms with van der Waals surface area (Å²) in [5.74, 6) is -3.72. The number of anilines is 1. The van der Waals surface area contributed by atoms with Crippen molar-refractivity contribution in [1.29, 1.82) is 0 Å². The van der Waals surface area contributed by atoms with Crippen LogP contribution in [0.3, 0.4) is 0 Å². The molecule has 2 fully saturated rings. The van der Waals surface area contributed by atoms with Crippen LogP contribution in [0.5, 0.6) is 0 Å². The van der Waals surface area contributed by atoms with Crippen LogP contribution in [0.15, 0.2) is 24.3 Å². The molecule has 2 unspecified atom stereocenters. The van der Waals surface area contributed by atoms with Gasteiger partial charge in [0.15, 0.2) is 0 Å². The lowest BCUT2D eigenvalue weighted by Gasteiger charge is -2.39. The Morgan fingerprint density at radius 2 is 2.05 bits per heavy atom. The fourth-order valence-corrected chi connectivity index (χ4v) is 3.66. The topological polar surface area (TPSA) is 46.3 Å². The van der Waals surface area contributed by atoms with Crippen molar-refractivity contribution >= 4 is 11.6 Å². The number of hydrogen-bond donors (Lipinski definition) is 1. The molecule has 6 heteroatoms. The molecule has 1 aliphatic carbocycles. The second-order valence-corrected chi connectivity index (χ2v) is 6.17. The standard InChI is InChI=1S/C15H17F3N2O/c16-10-2-1-3-12(6-10)20-5-4-14(13(20)21)7-11(19)8-15(17,18)9-14/h1-3,6,11H,4-5,7-9,19H2. The van der Waals surface area contributed by atoms with Gasteiger partial charge in [-0.05, 0) is 31.0 Å². The number of hydrogen-bond acceptors (Lipinski definition) is 2. The van der Waals surface area contributed by atoms with Crippen LogP contribution in [0.25, 0.3) is 0 Å². The zero-order chi connectivity index (χ0) is 15.3. The van der Waals surface area contributed by atoms with E-state index in [4.69, 9.17) is 5.73 Å². The maximum atomic E-state index is 13.8. The van der Waals surface area contributed by atoms with Crippen molar-refractivity contribution in [3.63, 3.8) is 0 Å². The summed E-state index contributed by atoms with van der Waals surface area (Å²) in [6.07, 6.45) is -0.223. The number of nitrogens with two attached hydrogens (primary N) is 1. The van der Waals surface area contributed by atoms with E-state index in [-0.39, 0.29) is 18.7 Å². The van der Waals surface area contributed by atoms with Crippen LogP contribution in [0.2, 0.25) is 0 Å². The second kappa shape index (κ2) is 4.73. The van der Waals surface area contributed by atoms with E-state index in [1.165, 1.54) is 23.1 Å². The number of amides is 1. The Labute approximate surface area is 120 Å². The van der Waals surface area contributed by atoms with Crippen LogP contribution in [0, 0.1) is 11.2 Å². The molecule has 1 spiro atoms. The number of halogens is 3. The molecule has 1 saturated heterocycles. The first-order chi connectivity index (χ1) is 9.81. The molecule has 2 atom stereocenters. The van der Waals surface area contributed by atoms with E-state index >= 15 is 0 Å². The van der Waals surface area contributed by atoms with E-state index in [0.29, 0.717) is 18.7 Å². The molecule has 0 bridgehead atoms. The number of alkyl halides is 2. The van der Waals surface area contributed by atoms with Gasteiger partial charge in [0.25, 0.3) is 5.92 Å². The summed E-state index contributed by atoms with van der Waals surface area (Å²) in [6, 6.07) is 4.97. The molecular weight excluding hydrogens is 281 g/mol. The van der Waals surface area contributed by atoms with E-state index in [0.717, 1.165) is 0 Å². The molecule has 21 heavy (non-hydrogen) atoms. The summed E-state index contributed by atoms with van der Waals surface area (Å²) in [5, 5.41) is 0. The predicted molar refractivity (Wildman–Crippen MR) is 72.6 cm³/mol. The number of benzene rings is 1. The molecular formula is C15H17F3N2O. The lowest BCUT2D eigenvalue weighted by atomic mass is 9.69. The van der Waals surface area contributed by atoms with Gasteiger partial charge in [0.1, 0.15) is 5.82 Å². The van der Waals surface area contributed by atoms with Gasteiger partial charge in [-0.25, -0.2) is 13.2 Å². The minimum absolute atomic E-state index is 0.271. The lowest BCUT2D eigenvalue weighted by Crippen LogP contribution is -2.49. The summed E-state index contributed by atoms with van der Waals surface area (Å²) in [4.78, 5) is 14.0. The van der Waals surface area contributed by atoms with Crippen molar-refractivity contribution in [1.82, 2.24) is 0 Å². The molecule has 1 heterocycles. The summed E-state index contributed by atoms with van der Waals surface area (Å²) in [5.41, 5.74) is 5.04. The molecule has 3 rings (SSSR count). The number of carbonyl (C=O) groups excluding carboxylic acids is 1. The van der Waals surface area contributed by atoms with E-state index < -0.39 is 29.6 Å². The van der Waals surface area contributed by atoms with Crippen LogP contribution in [0.4, 0.5) is 18.9 Å². The summed E-state index contributed by atoms with van der Waals surface area (Å²) >= 11 is 0. The Morgan fingerprint density at radius 3 is 2.71 bits per heavy atom. The molecule has 1 aromatic rings. The van der Waals surface area contributed by atoms with E-state index in [1.807, 2.05) is 0 Å². The molecule has 0 radical (unpaired) electrons. The first kappa shape index (κ1) is 14.4. The normalized spacial score (nSPS) is 31.9. The summed E-state index contributed by atoms with van der Waals surface area (Å²) < 4.78 is 40.9. The molecule has 1 amide bonds. The van der Waals surface area contributed by atoms with Gasteiger partial charge in [-0.2, -0.15) is 0 Å².